The van der Waals surface area contributed by atoms with Crippen LogP contribution in [-0.2, 0) is 4.79 Å². The molecule has 0 saturated heterocycles. The first-order valence-electron chi connectivity index (χ1n) is 8.00. The molecule has 0 aliphatic carbocycles. The number of amides is 2. The Hall–Kier alpha value is -1.36. The van der Waals surface area contributed by atoms with Crippen molar-refractivity contribution in [3.05, 3.63) is 34.3 Å². The Morgan fingerprint density at radius 3 is 2.35 bits per heavy atom. The summed E-state index contributed by atoms with van der Waals surface area (Å²) in [7, 11) is 1.62. The van der Waals surface area contributed by atoms with Gasteiger partial charge in [0.25, 0.3) is 5.91 Å². The molecule has 0 spiro atoms. The lowest BCUT2D eigenvalue weighted by Gasteiger charge is -2.21. The number of benzene rings is 1. The van der Waals surface area contributed by atoms with Gasteiger partial charge in [-0.1, -0.05) is 22.0 Å². The minimum Gasteiger partial charge on any atom is -0.355 e. The Labute approximate surface area is 180 Å². The van der Waals surface area contributed by atoms with Crippen molar-refractivity contribution in [1.82, 2.24) is 21.3 Å². The van der Waals surface area contributed by atoms with Crippen molar-refractivity contribution in [2.45, 2.75) is 26.3 Å². The lowest BCUT2D eigenvalue weighted by Crippen LogP contribution is -2.48. The van der Waals surface area contributed by atoms with Gasteiger partial charge in [-0.05, 0) is 39.0 Å². The van der Waals surface area contributed by atoms with Crippen LogP contribution in [0.4, 0.5) is 0 Å². The quantitative estimate of drug-likeness (QED) is 0.192. The summed E-state index contributed by atoms with van der Waals surface area (Å²) in [5.41, 5.74) is 0.322. The molecule has 0 heterocycles. The normalized spacial score (nSPS) is 11.2. The van der Waals surface area contributed by atoms with Crippen LogP contribution in [0.3, 0.4) is 0 Å². The van der Waals surface area contributed by atoms with E-state index < -0.39 is 0 Å². The fourth-order valence-corrected chi connectivity index (χ4v) is 2.34. The number of rotatable bonds is 6. The topological polar surface area (TPSA) is 94.6 Å². The summed E-state index contributed by atoms with van der Waals surface area (Å²) in [5, 5.41) is 11.6. The lowest BCUT2D eigenvalue weighted by molar-refractivity contribution is -0.121. The van der Waals surface area contributed by atoms with E-state index in [-0.39, 0.29) is 47.9 Å². The molecule has 4 N–H and O–H groups in total. The third-order valence-electron chi connectivity index (χ3n) is 2.94. The highest BCUT2D eigenvalue weighted by molar-refractivity contribution is 14.0. The molecular weight excluding hydrogens is 513 g/mol. The minimum absolute atomic E-state index is 0. The van der Waals surface area contributed by atoms with Gasteiger partial charge in [-0.15, -0.1) is 24.0 Å². The van der Waals surface area contributed by atoms with Crippen LogP contribution in [0.15, 0.2) is 33.7 Å². The van der Waals surface area contributed by atoms with Crippen LogP contribution in [0.5, 0.6) is 0 Å². The number of aliphatic imine (C=N–C) groups is 1. The summed E-state index contributed by atoms with van der Waals surface area (Å²) in [4.78, 5) is 27.8. The second-order valence-electron chi connectivity index (χ2n) is 6.42. The first-order valence-corrected chi connectivity index (χ1v) is 8.80. The van der Waals surface area contributed by atoms with E-state index in [1.165, 1.54) is 0 Å². The highest BCUT2D eigenvalue weighted by Gasteiger charge is 2.13. The van der Waals surface area contributed by atoms with Crippen molar-refractivity contribution in [2.75, 3.05) is 26.7 Å². The van der Waals surface area contributed by atoms with Crippen LogP contribution in [-0.4, -0.2) is 50.0 Å². The third-order valence-corrected chi connectivity index (χ3v) is 3.44. The molecule has 0 unspecified atom stereocenters. The predicted octanol–water partition coefficient (Wildman–Crippen LogP) is 1.88. The maximum absolute atomic E-state index is 12.0. The van der Waals surface area contributed by atoms with E-state index in [1.807, 2.05) is 32.9 Å². The second-order valence-corrected chi connectivity index (χ2v) is 7.33. The van der Waals surface area contributed by atoms with Crippen LogP contribution >= 0.6 is 39.9 Å². The number of hydrogen-bond donors (Lipinski definition) is 4. The van der Waals surface area contributed by atoms with Gasteiger partial charge in [0.05, 0.1) is 6.54 Å². The average Bonchev–Trinajstić information content (AvgIpc) is 2.52. The Morgan fingerprint density at radius 2 is 1.77 bits per heavy atom. The molecule has 1 rings (SSSR count). The van der Waals surface area contributed by atoms with Crippen molar-refractivity contribution in [2.24, 2.45) is 4.99 Å². The van der Waals surface area contributed by atoms with E-state index >= 15 is 0 Å². The van der Waals surface area contributed by atoms with E-state index in [1.54, 1.807) is 19.2 Å². The largest absolute Gasteiger partial charge is 0.355 e. The van der Waals surface area contributed by atoms with Gasteiger partial charge in [0.1, 0.15) is 0 Å². The summed E-state index contributed by atoms with van der Waals surface area (Å²) in [6.45, 7) is 6.81. The summed E-state index contributed by atoms with van der Waals surface area (Å²) in [5.74, 6) is 0.245. The van der Waals surface area contributed by atoms with Gasteiger partial charge in [-0.3, -0.25) is 14.6 Å². The van der Waals surface area contributed by atoms with E-state index in [2.05, 4.69) is 42.2 Å². The first-order chi connectivity index (χ1) is 11.7. The first kappa shape index (κ1) is 24.6. The van der Waals surface area contributed by atoms with Crippen LogP contribution in [0, 0.1) is 0 Å². The molecule has 0 radical (unpaired) electrons. The fraction of sp³-hybridized carbons (Fsp3) is 0.471. The SMILES string of the molecule is CN=C(NCCNC(=O)c1cccc(Br)c1)NCC(=O)NC(C)(C)C.I. The summed E-state index contributed by atoms with van der Waals surface area (Å²) >= 11 is 3.34. The molecule has 0 aromatic heterocycles. The maximum atomic E-state index is 12.0. The van der Waals surface area contributed by atoms with Crippen LogP contribution in [0.1, 0.15) is 31.1 Å². The van der Waals surface area contributed by atoms with Gasteiger partial charge in [0, 0.05) is 35.7 Å². The molecule has 146 valence electrons. The summed E-state index contributed by atoms with van der Waals surface area (Å²) < 4.78 is 0.858. The number of carbonyl (C=O) groups excluding carboxylic acids is 2. The van der Waals surface area contributed by atoms with Crippen LogP contribution < -0.4 is 21.3 Å². The fourth-order valence-electron chi connectivity index (χ4n) is 1.94. The number of nitrogens with one attached hydrogen (secondary N) is 4. The van der Waals surface area contributed by atoms with Gasteiger partial charge < -0.3 is 21.3 Å². The van der Waals surface area contributed by atoms with E-state index in [0.29, 0.717) is 24.6 Å². The zero-order valence-corrected chi connectivity index (χ0v) is 19.4. The number of nitrogens with zero attached hydrogens (tertiary/aromatic N) is 1. The summed E-state index contributed by atoms with van der Waals surface area (Å²) in [6, 6.07) is 7.19. The molecule has 0 bridgehead atoms. The molecule has 7 nitrogen and oxygen atoms in total. The highest BCUT2D eigenvalue weighted by atomic mass is 127. The highest BCUT2D eigenvalue weighted by Crippen LogP contribution is 2.11. The second kappa shape index (κ2) is 12.1. The molecule has 0 atom stereocenters. The predicted molar refractivity (Wildman–Crippen MR) is 119 cm³/mol. The number of guanidine groups is 1. The molecule has 26 heavy (non-hydrogen) atoms. The molecule has 0 aliphatic rings. The van der Waals surface area contributed by atoms with E-state index in [0.717, 1.165) is 4.47 Å². The van der Waals surface area contributed by atoms with E-state index in [4.69, 9.17) is 0 Å². The number of halogens is 2. The molecule has 2 amide bonds. The summed E-state index contributed by atoms with van der Waals surface area (Å²) in [6.07, 6.45) is 0. The Kier molecular flexibility index (Phi) is 11.5. The van der Waals surface area contributed by atoms with Gasteiger partial charge in [0.2, 0.25) is 5.91 Å². The molecule has 0 aliphatic heterocycles. The molecule has 1 aromatic carbocycles. The minimum atomic E-state index is -0.271. The van der Waals surface area contributed by atoms with Crippen LogP contribution in [0.25, 0.3) is 0 Å². The Morgan fingerprint density at radius 1 is 1.12 bits per heavy atom. The van der Waals surface area contributed by atoms with Crippen molar-refractivity contribution in [3.63, 3.8) is 0 Å². The molecule has 1 aromatic rings. The standard InChI is InChI=1S/C17H26BrN5O2.HI/c1-17(2,3)23-14(24)11-22-16(19-4)21-9-8-20-15(25)12-6-5-7-13(18)10-12;/h5-7,10H,8-9,11H2,1-4H3,(H,20,25)(H,23,24)(H2,19,21,22);1H. The molecular formula is C17H27BrIN5O2. The Bertz CT molecular complexity index is 632. The van der Waals surface area contributed by atoms with Crippen molar-refractivity contribution in [1.29, 1.82) is 0 Å². The van der Waals surface area contributed by atoms with Gasteiger partial charge in [0.15, 0.2) is 5.96 Å². The van der Waals surface area contributed by atoms with Gasteiger partial charge in [-0.25, -0.2) is 0 Å². The lowest BCUT2D eigenvalue weighted by atomic mass is 10.1. The van der Waals surface area contributed by atoms with Crippen molar-refractivity contribution in [3.8, 4) is 0 Å². The maximum Gasteiger partial charge on any atom is 0.251 e. The van der Waals surface area contributed by atoms with Gasteiger partial charge >= 0.3 is 0 Å². The zero-order valence-electron chi connectivity index (χ0n) is 15.5. The van der Waals surface area contributed by atoms with E-state index in [9.17, 15) is 9.59 Å². The van der Waals surface area contributed by atoms with Gasteiger partial charge in [-0.2, -0.15) is 0 Å². The van der Waals surface area contributed by atoms with Crippen LogP contribution in [0.2, 0.25) is 0 Å². The smallest absolute Gasteiger partial charge is 0.251 e. The molecule has 0 fully saturated rings. The monoisotopic (exact) mass is 539 g/mol. The third kappa shape index (κ3) is 10.6. The molecule has 9 heteroatoms. The number of carbonyl (C=O) groups is 2. The zero-order chi connectivity index (χ0) is 18.9. The number of hydrogen-bond acceptors (Lipinski definition) is 3. The Balaban J connectivity index is 0.00000625. The van der Waals surface area contributed by atoms with Crippen molar-refractivity contribution < 1.29 is 9.59 Å². The molecule has 0 saturated carbocycles. The van der Waals surface area contributed by atoms with Crippen molar-refractivity contribution >= 4 is 57.7 Å². The average molecular weight is 540 g/mol.